The van der Waals surface area contributed by atoms with Gasteiger partial charge in [-0.1, -0.05) is 12.1 Å². The molecular formula is C21H23N3O3S2. The third kappa shape index (κ3) is 3.59. The van der Waals surface area contributed by atoms with E-state index in [1.54, 1.807) is 23.5 Å². The number of amides is 1. The summed E-state index contributed by atoms with van der Waals surface area (Å²) in [5.41, 5.74) is 1.39. The molecule has 0 bridgehead atoms. The molecule has 1 fully saturated rings. The number of benzene rings is 1. The highest BCUT2D eigenvalue weighted by Gasteiger charge is 2.37. The Bertz CT molecular complexity index is 1060. The molecule has 1 aromatic heterocycles. The van der Waals surface area contributed by atoms with Gasteiger partial charge in [0.2, 0.25) is 15.9 Å². The fraction of sp³-hybridized carbons (Fsp3) is 0.429. The van der Waals surface area contributed by atoms with Gasteiger partial charge >= 0.3 is 0 Å². The molecule has 2 aliphatic heterocycles. The Kier molecular flexibility index (Phi) is 5.47. The minimum absolute atomic E-state index is 0.0434. The largest absolute Gasteiger partial charge is 0.335 e. The van der Waals surface area contributed by atoms with Crippen LogP contribution in [0.1, 0.15) is 41.8 Å². The second-order valence-electron chi connectivity index (χ2n) is 7.54. The zero-order valence-electron chi connectivity index (χ0n) is 16.2. The first-order valence-electron chi connectivity index (χ1n) is 9.79. The molecule has 0 saturated carbocycles. The van der Waals surface area contributed by atoms with Gasteiger partial charge in [-0.05, 0) is 55.3 Å². The molecule has 0 spiro atoms. The summed E-state index contributed by atoms with van der Waals surface area (Å²) in [7, 11) is -3.73. The van der Waals surface area contributed by atoms with Crippen LogP contribution in [0.4, 0.5) is 0 Å². The Hall–Kier alpha value is -2.21. The van der Waals surface area contributed by atoms with Crippen molar-refractivity contribution in [1.29, 1.82) is 5.26 Å². The highest BCUT2D eigenvalue weighted by molar-refractivity contribution is 7.89. The zero-order valence-corrected chi connectivity index (χ0v) is 17.9. The van der Waals surface area contributed by atoms with E-state index < -0.39 is 10.0 Å². The van der Waals surface area contributed by atoms with Crippen molar-refractivity contribution in [3.8, 4) is 6.07 Å². The summed E-state index contributed by atoms with van der Waals surface area (Å²) in [5, 5.41) is 11.3. The van der Waals surface area contributed by atoms with Crippen molar-refractivity contribution < 1.29 is 13.2 Å². The first-order chi connectivity index (χ1) is 13.9. The van der Waals surface area contributed by atoms with E-state index in [4.69, 9.17) is 0 Å². The molecule has 0 radical (unpaired) electrons. The van der Waals surface area contributed by atoms with E-state index in [2.05, 4.69) is 18.4 Å². The van der Waals surface area contributed by atoms with Crippen LogP contribution in [0, 0.1) is 17.2 Å². The predicted molar refractivity (Wildman–Crippen MR) is 111 cm³/mol. The van der Waals surface area contributed by atoms with Crippen LogP contribution in [0.15, 0.2) is 40.6 Å². The maximum atomic E-state index is 13.1. The van der Waals surface area contributed by atoms with Gasteiger partial charge in [0, 0.05) is 30.4 Å². The summed E-state index contributed by atoms with van der Waals surface area (Å²) in [4.78, 5) is 16.5. The molecule has 4 rings (SSSR count). The number of carbonyl (C=O) groups excluding carboxylic acids is 1. The van der Waals surface area contributed by atoms with E-state index in [-0.39, 0.29) is 28.3 Å². The molecule has 152 valence electrons. The molecule has 1 atom stereocenters. The van der Waals surface area contributed by atoms with Crippen molar-refractivity contribution in [3.05, 3.63) is 51.7 Å². The predicted octanol–water partition coefficient (Wildman–Crippen LogP) is 3.17. The van der Waals surface area contributed by atoms with Gasteiger partial charge in [-0.3, -0.25) is 4.79 Å². The average molecular weight is 430 g/mol. The summed E-state index contributed by atoms with van der Waals surface area (Å²) in [6.45, 7) is 3.39. The number of rotatable bonds is 3. The molecule has 0 aliphatic carbocycles. The van der Waals surface area contributed by atoms with Gasteiger partial charge < -0.3 is 4.90 Å². The number of carbonyl (C=O) groups is 1. The topological polar surface area (TPSA) is 81.5 Å². The van der Waals surface area contributed by atoms with E-state index in [0.29, 0.717) is 25.9 Å². The molecule has 2 aliphatic rings. The number of nitrogens with zero attached hydrogens (tertiary/aromatic N) is 3. The zero-order chi connectivity index (χ0) is 20.6. The molecule has 1 saturated heterocycles. The molecule has 6 nitrogen and oxygen atoms in total. The quantitative estimate of drug-likeness (QED) is 0.750. The van der Waals surface area contributed by atoms with Gasteiger partial charge in [0.15, 0.2) is 0 Å². The minimum Gasteiger partial charge on any atom is -0.335 e. The van der Waals surface area contributed by atoms with Crippen LogP contribution in [0.3, 0.4) is 0 Å². The summed E-state index contributed by atoms with van der Waals surface area (Å²) >= 11 is 1.75. The van der Waals surface area contributed by atoms with Crippen LogP contribution >= 0.6 is 11.3 Å². The van der Waals surface area contributed by atoms with Crippen LogP contribution < -0.4 is 0 Å². The highest BCUT2D eigenvalue weighted by atomic mass is 32.2. The highest BCUT2D eigenvalue weighted by Crippen LogP contribution is 2.35. The lowest BCUT2D eigenvalue weighted by Gasteiger charge is -2.38. The third-order valence-corrected chi connectivity index (χ3v) is 8.94. The Labute approximate surface area is 175 Å². The number of hydrogen-bond donors (Lipinski definition) is 0. The lowest BCUT2D eigenvalue weighted by Crippen LogP contribution is -2.46. The molecule has 1 amide bonds. The number of hydrogen-bond acceptors (Lipinski definition) is 5. The van der Waals surface area contributed by atoms with Crippen LogP contribution in [0.5, 0.6) is 0 Å². The standard InChI is InChI=1S/C21H23N3O3S2/c1-15-18-9-13-28-19(18)8-12-24(15)21(25)16-6-10-23(11-7-16)29(26,27)20-5-3-2-4-17(20)14-22/h2-5,9,13,15-16H,6-8,10-12H2,1H3/t15-/m1/s1. The van der Waals surface area contributed by atoms with E-state index in [1.165, 1.54) is 26.9 Å². The van der Waals surface area contributed by atoms with Crippen LogP contribution in [0.2, 0.25) is 0 Å². The second-order valence-corrected chi connectivity index (χ2v) is 10.5. The number of fused-ring (bicyclic) bond motifs is 1. The Morgan fingerprint density at radius 3 is 2.62 bits per heavy atom. The van der Waals surface area contributed by atoms with Gasteiger partial charge in [-0.25, -0.2) is 8.42 Å². The first kappa shape index (κ1) is 20.1. The van der Waals surface area contributed by atoms with Crippen molar-refractivity contribution in [2.45, 2.75) is 37.1 Å². The van der Waals surface area contributed by atoms with Gasteiger partial charge in [0.05, 0.1) is 16.5 Å². The molecule has 3 heterocycles. The van der Waals surface area contributed by atoms with E-state index in [0.717, 1.165) is 13.0 Å². The van der Waals surface area contributed by atoms with Crippen LogP contribution in [-0.4, -0.2) is 43.2 Å². The summed E-state index contributed by atoms with van der Waals surface area (Å²) in [6, 6.07) is 10.4. The van der Waals surface area contributed by atoms with E-state index in [9.17, 15) is 18.5 Å². The van der Waals surface area contributed by atoms with Crippen LogP contribution in [-0.2, 0) is 21.2 Å². The minimum atomic E-state index is -3.73. The number of nitriles is 1. The molecule has 1 aromatic carbocycles. The summed E-state index contributed by atoms with van der Waals surface area (Å²) in [6.07, 6.45) is 1.90. The Balaban J connectivity index is 1.45. The molecular weight excluding hydrogens is 406 g/mol. The first-order valence-corrected chi connectivity index (χ1v) is 12.1. The normalized spacial score (nSPS) is 20.8. The number of sulfonamides is 1. The maximum absolute atomic E-state index is 13.1. The molecule has 29 heavy (non-hydrogen) atoms. The second kappa shape index (κ2) is 7.90. The average Bonchev–Trinajstić information content (AvgIpc) is 3.23. The van der Waals surface area contributed by atoms with E-state index >= 15 is 0 Å². The lowest BCUT2D eigenvalue weighted by molar-refractivity contribution is -0.139. The van der Waals surface area contributed by atoms with Gasteiger partial charge in [-0.2, -0.15) is 9.57 Å². The monoisotopic (exact) mass is 429 g/mol. The molecule has 0 unspecified atom stereocenters. The molecule has 2 aromatic rings. The smallest absolute Gasteiger partial charge is 0.244 e. The summed E-state index contributed by atoms with van der Waals surface area (Å²) in [5.74, 6) is -0.0286. The third-order valence-electron chi connectivity index (χ3n) is 5.99. The Morgan fingerprint density at radius 1 is 1.17 bits per heavy atom. The molecule has 0 N–H and O–H groups in total. The maximum Gasteiger partial charge on any atom is 0.244 e. The molecule has 8 heteroatoms. The van der Waals surface area contributed by atoms with Gasteiger partial charge in [0.25, 0.3) is 0 Å². The Morgan fingerprint density at radius 2 is 1.90 bits per heavy atom. The van der Waals surface area contributed by atoms with Crippen molar-refractivity contribution in [1.82, 2.24) is 9.21 Å². The van der Waals surface area contributed by atoms with Crippen molar-refractivity contribution in [2.75, 3.05) is 19.6 Å². The number of piperidine rings is 1. The van der Waals surface area contributed by atoms with Crippen molar-refractivity contribution >= 4 is 27.3 Å². The van der Waals surface area contributed by atoms with Gasteiger partial charge in [0.1, 0.15) is 6.07 Å². The van der Waals surface area contributed by atoms with Crippen molar-refractivity contribution in [2.24, 2.45) is 5.92 Å². The van der Waals surface area contributed by atoms with E-state index in [1.807, 2.05) is 11.0 Å². The SMILES string of the molecule is C[C@@H]1c2ccsc2CCN1C(=O)C1CCN(S(=O)(=O)c2ccccc2C#N)CC1. The van der Waals surface area contributed by atoms with Gasteiger partial charge in [-0.15, -0.1) is 11.3 Å². The van der Waals surface area contributed by atoms with Crippen LogP contribution in [0.25, 0.3) is 0 Å². The lowest BCUT2D eigenvalue weighted by atomic mass is 9.93. The van der Waals surface area contributed by atoms with Crippen molar-refractivity contribution in [3.63, 3.8) is 0 Å². The fourth-order valence-corrected chi connectivity index (χ4v) is 6.89. The summed E-state index contributed by atoms with van der Waals surface area (Å²) < 4.78 is 27.4. The fourth-order valence-electron chi connectivity index (χ4n) is 4.31. The number of thiophene rings is 1.